The van der Waals surface area contributed by atoms with Gasteiger partial charge in [0.1, 0.15) is 11.5 Å². The quantitative estimate of drug-likeness (QED) is 0.310. The van der Waals surface area contributed by atoms with E-state index < -0.39 is 5.91 Å². The highest BCUT2D eigenvalue weighted by atomic mass is 16.5. The summed E-state index contributed by atoms with van der Waals surface area (Å²) in [5, 5.41) is 12.5. The Morgan fingerprint density at radius 1 is 1.10 bits per heavy atom. The molecule has 1 saturated carbocycles. The molecule has 0 unspecified atom stereocenters. The fraction of sp³-hybridized carbons (Fsp3) is 0.333. The standard InChI is InChI=1S/C24H28N4O2/c29-23(27-30)16-13-19-12-15-22-26-21(14-11-18-7-3-1-4-8-18)24(28(22)17-19)25-20-9-5-2-6-10-20/h1,3-4,7-8,12-13,15-17,20,25,30H,2,5-6,9-11,14H2,(H,27,29). The van der Waals surface area contributed by atoms with Crippen LogP contribution < -0.4 is 10.8 Å². The molecule has 4 rings (SSSR count). The van der Waals surface area contributed by atoms with E-state index in [1.807, 2.05) is 24.4 Å². The van der Waals surface area contributed by atoms with Gasteiger partial charge in [0, 0.05) is 18.3 Å². The molecule has 3 N–H and O–H groups in total. The van der Waals surface area contributed by atoms with Crippen molar-refractivity contribution in [3.8, 4) is 0 Å². The molecule has 0 bridgehead atoms. The number of aromatic nitrogens is 2. The van der Waals surface area contributed by atoms with Crippen LogP contribution in [0.2, 0.25) is 0 Å². The zero-order valence-corrected chi connectivity index (χ0v) is 17.1. The van der Waals surface area contributed by atoms with Gasteiger partial charge in [-0.2, -0.15) is 0 Å². The Bertz CT molecular complexity index is 1020. The number of nitrogens with zero attached hydrogens (tertiary/aromatic N) is 2. The molecule has 1 fully saturated rings. The molecule has 0 radical (unpaired) electrons. The highest BCUT2D eigenvalue weighted by Gasteiger charge is 2.18. The van der Waals surface area contributed by atoms with Crippen LogP contribution in [0.3, 0.4) is 0 Å². The summed E-state index contributed by atoms with van der Waals surface area (Å²) in [5.74, 6) is 0.500. The van der Waals surface area contributed by atoms with E-state index in [0.717, 1.165) is 35.6 Å². The molecule has 0 atom stereocenters. The first-order valence-electron chi connectivity index (χ1n) is 10.7. The first-order chi connectivity index (χ1) is 14.7. The van der Waals surface area contributed by atoms with Gasteiger partial charge < -0.3 is 5.32 Å². The van der Waals surface area contributed by atoms with Gasteiger partial charge in [-0.1, -0.05) is 49.6 Å². The second kappa shape index (κ2) is 9.59. The largest absolute Gasteiger partial charge is 0.367 e. The number of imidazole rings is 1. The predicted molar refractivity (Wildman–Crippen MR) is 119 cm³/mol. The van der Waals surface area contributed by atoms with E-state index in [9.17, 15) is 4.79 Å². The van der Waals surface area contributed by atoms with E-state index in [1.54, 1.807) is 11.6 Å². The van der Waals surface area contributed by atoms with Gasteiger partial charge in [0.15, 0.2) is 0 Å². The molecule has 1 aromatic carbocycles. The van der Waals surface area contributed by atoms with Crippen LogP contribution in [0.15, 0.2) is 54.7 Å². The van der Waals surface area contributed by atoms with Crippen LogP contribution in [0.5, 0.6) is 0 Å². The maximum Gasteiger partial charge on any atom is 0.267 e. The highest BCUT2D eigenvalue weighted by molar-refractivity contribution is 5.90. The number of pyridine rings is 1. The van der Waals surface area contributed by atoms with Gasteiger partial charge in [-0.3, -0.25) is 14.4 Å². The zero-order valence-electron chi connectivity index (χ0n) is 17.1. The normalized spacial score (nSPS) is 15.0. The van der Waals surface area contributed by atoms with Crippen molar-refractivity contribution in [2.75, 3.05) is 5.32 Å². The van der Waals surface area contributed by atoms with Crippen LogP contribution in [0.1, 0.15) is 48.9 Å². The highest BCUT2D eigenvalue weighted by Crippen LogP contribution is 2.26. The Hall–Kier alpha value is -3.12. The SMILES string of the molecule is O=C(C=Cc1ccc2nc(CCc3ccccc3)c(NC3CCCCC3)n2c1)NO. The number of benzene rings is 1. The van der Waals surface area contributed by atoms with Crippen molar-refractivity contribution in [1.82, 2.24) is 14.9 Å². The van der Waals surface area contributed by atoms with E-state index in [1.165, 1.54) is 43.7 Å². The molecule has 1 aliphatic rings. The fourth-order valence-electron chi connectivity index (χ4n) is 4.09. The van der Waals surface area contributed by atoms with Crippen molar-refractivity contribution < 1.29 is 10.0 Å². The van der Waals surface area contributed by atoms with E-state index >= 15 is 0 Å². The van der Waals surface area contributed by atoms with Crippen molar-refractivity contribution in [3.63, 3.8) is 0 Å². The Kier molecular flexibility index (Phi) is 6.44. The summed E-state index contributed by atoms with van der Waals surface area (Å²) in [6, 6.07) is 14.8. The summed E-state index contributed by atoms with van der Waals surface area (Å²) in [6.07, 6.45) is 13.0. The smallest absolute Gasteiger partial charge is 0.267 e. The third-order valence-corrected chi connectivity index (χ3v) is 5.69. The van der Waals surface area contributed by atoms with E-state index in [4.69, 9.17) is 10.2 Å². The lowest BCUT2D eigenvalue weighted by atomic mass is 9.95. The molecule has 30 heavy (non-hydrogen) atoms. The number of hydrogen-bond donors (Lipinski definition) is 3. The molecular weight excluding hydrogens is 376 g/mol. The van der Waals surface area contributed by atoms with Crippen LogP contribution in [0, 0.1) is 0 Å². The van der Waals surface area contributed by atoms with Crippen LogP contribution in [-0.4, -0.2) is 26.5 Å². The topological polar surface area (TPSA) is 78.7 Å². The van der Waals surface area contributed by atoms with Crippen molar-refractivity contribution in [2.45, 2.75) is 51.0 Å². The number of fused-ring (bicyclic) bond motifs is 1. The third-order valence-electron chi connectivity index (χ3n) is 5.69. The lowest BCUT2D eigenvalue weighted by molar-refractivity contribution is -0.124. The molecule has 6 heteroatoms. The van der Waals surface area contributed by atoms with Gasteiger partial charge >= 0.3 is 0 Å². The van der Waals surface area contributed by atoms with Gasteiger partial charge in [0.25, 0.3) is 5.91 Å². The number of carbonyl (C=O) groups is 1. The number of hydroxylamine groups is 1. The monoisotopic (exact) mass is 404 g/mol. The van der Waals surface area contributed by atoms with Crippen molar-refractivity contribution in [1.29, 1.82) is 0 Å². The summed E-state index contributed by atoms with van der Waals surface area (Å²) < 4.78 is 2.09. The molecule has 3 aromatic rings. The van der Waals surface area contributed by atoms with Gasteiger partial charge in [-0.25, -0.2) is 10.5 Å². The Morgan fingerprint density at radius 2 is 1.90 bits per heavy atom. The van der Waals surface area contributed by atoms with Gasteiger partial charge in [-0.15, -0.1) is 0 Å². The molecule has 0 saturated heterocycles. The number of nitrogens with one attached hydrogen (secondary N) is 2. The summed E-state index contributed by atoms with van der Waals surface area (Å²) >= 11 is 0. The summed E-state index contributed by atoms with van der Waals surface area (Å²) in [5.41, 5.74) is 5.74. The van der Waals surface area contributed by atoms with E-state index in [0.29, 0.717) is 6.04 Å². The van der Waals surface area contributed by atoms with Crippen molar-refractivity contribution in [3.05, 3.63) is 71.6 Å². The first-order valence-corrected chi connectivity index (χ1v) is 10.7. The van der Waals surface area contributed by atoms with Gasteiger partial charge in [0.2, 0.25) is 0 Å². The number of anilines is 1. The van der Waals surface area contributed by atoms with Crippen LogP contribution in [0.25, 0.3) is 11.7 Å². The molecule has 2 aromatic heterocycles. The first kappa shape index (κ1) is 20.2. The minimum atomic E-state index is -0.551. The zero-order chi connectivity index (χ0) is 20.8. The summed E-state index contributed by atoms with van der Waals surface area (Å²) in [7, 11) is 0. The lowest BCUT2D eigenvalue weighted by Gasteiger charge is -2.24. The van der Waals surface area contributed by atoms with Crippen molar-refractivity contribution >= 4 is 23.4 Å². The molecule has 1 aliphatic carbocycles. The van der Waals surface area contributed by atoms with Crippen LogP contribution in [0.4, 0.5) is 5.82 Å². The molecule has 6 nitrogen and oxygen atoms in total. The number of amides is 1. The average Bonchev–Trinajstić information content (AvgIpc) is 3.14. The molecular formula is C24H28N4O2. The van der Waals surface area contributed by atoms with Crippen molar-refractivity contribution in [2.24, 2.45) is 0 Å². The fourth-order valence-corrected chi connectivity index (χ4v) is 4.09. The van der Waals surface area contributed by atoms with Gasteiger partial charge in [-0.05, 0) is 55.0 Å². The third kappa shape index (κ3) is 4.89. The summed E-state index contributed by atoms with van der Waals surface area (Å²) in [6.45, 7) is 0. The number of rotatable bonds is 7. The Morgan fingerprint density at radius 3 is 2.67 bits per heavy atom. The number of hydrogen-bond acceptors (Lipinski definition) is 4. The van der Waals surface area contributed by atoms with Crippen LogP contribution in [-0.2, 0) is 17.6 Å². The minimum Gasteiger partial charge on any atom is -0.367 e. The number of aryl methyl sites for hydroxylation is 2. The molecule has 0 spiro atoms. The maximum atomic E-state index is 11.3. The minimum absolute atomic E-state index is 0.466. The molecule has 156 valence electrons. The molecule has 0 aliphatic heterocycles. The molecule has 1 amide bonds. The Labute approximate surface area is 176 Å². The number of carbonyl (C=O) groups excluding carboxylic acids is 1. The maximum absolute atomic E-state index is 11.3. The Balaban J connectivity index is 1.64. The molecule has 2 heterocycles. The average molecular weight is 405 g/mol. The van der Waals surface area contributed by atoms with Crippen LogP contribution >= 0.6 is 0 Å². The lowest BCUT2D eigenvalue weighted by Crippen LogP contribution is -2.23. The second-order valence-corrected chi connectivity index (χ2v) is 7.87. The summed E-state index contributed by atoms with van der Waals surface area (Å²) in [4.78, 5) is 16.2. The van der Waals surface area contributed by atoms with E-state index in [-0.39, 0.29) is 0 Å². The van der Waals surface area contributed by atoms with Gasteiger partial charge in [0.05, 0.1) is 5.69 Å². The van der Waals surface area contributed by atoms with E-state index in [2.05, 4.69) is 34.0 Å². The predicted octanol–water partition coefficient (Wildman–Crippen LogP) is 4.38. The second-order valence-electron chi connectivity index (χ2n) is 7.87.